The van der Waals surface area contributed by atoms with Crippen molar-refractivity contribution in [3.8, 4) is 0 Å². The first-order valence-corrected chi connectivity index (χ1v) is 8.59. The maximum atomic E-state index is 11.9. The van der Waals surface area contributed by atoms with Crippen LogP contribution < -0.4 is 0 Å². The molecule has 1 heterocycles. The van der Waals surface area contributed by atoms with Gasteiger partial charge in [0.2, 0.25) is 0 Å². The molecule has 122 valence electrons. The van der Waals surface area contributed by atoms with Crippen LogP contribution in [0.3, 0.4) is 0 Å². The Kier molecular flexibility index (Phi) is 3.37. The first-order chi connectivity index (χ1) is 10.1. The highest BCUT2D eigenvalue weighted by molar-refractivity contribution is 7.87. The first-order valence-electron chi connectivity index (χ1n) is 7.11. The average molecular weight is 330 g/mol. The Morgan fingerprint density at radius 1 is 1.36 bits per heavy atom. The lowest BCUT2D eigenvalue weighted by molar-refractivity contribution is -0.179. The molecule has 2 aliphatic carbocycles. The van der Waals surface area contributed by atoms with E-state index >= 15 is 0 Å². The van der Waals surface area contributed by atoms with Crippen LogP contribution in [-0.4, -0.2) is 43.9 Å². The lowest BCUT2D eigenvalue weighted by Crippen LogP contribution is -2.49. The minimum atomic E-state index is -3.56. The maximum absolute atomic E-state index is 11.9. The lowest BCUT2D eigenvalue weighted by Gasteiger charge is -2.35. The molecule has 7 nitrogen and oxygen atoms in total. The second-order valence-corrected chi connectivity index (χ2v) is 8.18. The van der Waals surface area contributed by atoms with E-state index in [4.69, 9.17) is 13.7 Å². The fraction of sp³-hybridized carbons (Fsp3) is 0.714. The lowest BCUT2D eigenvalue weighted by atomic mass is 9.83. The fourth-order valence-corrected chi connectivity index (χ4v) is 5.77. The zero-order valence-electron chi connectivity index (χ0n) is 12.4. The molecule has 2 bridgehead atoms. The number of esters is 2. The van der Waals surface area contributed by atoms with Gasteiger partial charge in [-0.3, -0.25) is 4.18 Å². The van der Waals surface area contributed by atoms with Gasteiger partial charge < -0.3 is 9.47 Å². The number of carbonyl (C=O) groups excluding carboxylic acids is 2. The molecular formula is C14H18O7S. The van der Waals surface area contributed by atoms with E-state index in [0.717, 1.165) is 0 Å². The van der Waals surface area contributed by atoms with Crippen LogP contribution in [0.5, 0.6) is 0 Å². The van der Waals surface area contributed by atoms with Gasteiger partial charge in [0.1, 0.15) is 11.7 Å². The summed E-state index contributed by atoms with van der Waals surface area (Å²) in [5, 5.41) is -0.476. The van der Waals surface area contributed by atoms with Gasteiger partial charge >= 0.3 is 11.9 Å². The van der Waals surface area contributed by atoms with Crippen LogP contribution >= 0.6 is 0 Å². The minimum absolute atomic E-state index is 0.0504. The molecule has 0 aromatic carbocycles. The van der Waals surface area contributed by atoms with E-state index in [2.05, 4.69) is 6.58 Å². The Morgan fingerprint density at radius 3 is 2.68 bits per heavy atom. The van der Waals surface area contributed by atoms with Gasteiger partial charge in [0, 0.05) is 17.4 Å². The Balaban J connectivity index is 1.67. The van der Waals surface area contributed by atoms with Crippen molar-refractivity contribution in [2.75, 3.05) is 6.61 Å². The van der Waals surface area contributed by atoms with E-state index in [1.165, 1.54) is 6.92 Å². The molecule has 3 rings (SSSR count). The number of rotatable bonds is 4. The van der Waals surface area contributed by atoms with Crippen molar-refractivity contribution in [1.82, 2.24) is 0 Å². The molecule has 0 aromatic heterocycles. The third kappa shape index (κ3) is 2.16. The van der Waals surface area contributed by atoms with Crippen LogP contribution in [0, 0.1) is 11.8 Å². The van der Waals surface area contributed by atoms with E-state index in [9.17, 15) is 18.0 Å². The van der Waals surface area contributed by atoms with E-state index < -0.39 is 45.6 Å². The summed E-state index contributed by atoms with van der Waals surface area (Å²) in [6.45, 7) is 6.06. The van der Waals surface area contributed by atoms with Gasteiger partial charge in [-0.15, -0.1) is 0 Å². The Labute approximate surface area is 128 Å². The summed E-state index contributed by atoms with van der Waals surface area (Å²) in [4.78, 5) is 23.2. The Bertz CT molecular complexity index is 652. The van der Waals surface area contributed by atoms with Crippen molar-refractivity contribution in [1.29, 1.82) is 0 Å². The summed E-state index contributed by atoms with van der Waals surface area (Å²) in [6.07, 6.45) is 0.477. The van der Waals surface area contributed by atoms with E-state index in [1.807, 2.05) is 0 Å². The Morgan fingerprint density at radius 2 is 2.05 bits per heavy atom. The summed E-state index contributed by atoms with van der Waals surface area (Å²) < 4.78 is 39.2. The number of hydrogen-bond donors (Lipinski definition) is 0. The quantitative estimate of drug-likeness (QED) is 0.422. The van der Waals surface area contributed by atoms with Gasteiger partial charge in [-0.2, -0.15) is 8.42 Å². The van der Waals surface area contributed by atoms with E-state index in [0.29, 0.717) is 12.8 Å². The zero-order valence-corrected chi connectivity index (χ0v) is 13.2. The SMILES string of the molecule is C=C(C)C(=O)OCC(=O)OC1(C)C2CC3C1OS(=O)(=O)C3C2. The molecule has 3 fully saturated rings. The number of ether oxygens (including phenoxy) is 2. The highest BCUT2D eigenvalue weighted by Crippen LogP contribution is 2.60. The van der Waals surface area contributed by atoms with Gasteiger partial charge in [-0.05, 0) is 26.7 Å². The van der Waals surface area contributed by atoms with Crippen LogP contribution in [0.25, 0.3) is 0 Å². The van der Waals surface area contributed by atoms with Crippen LogP contribution in [0.15, 0.2) is 12.2 Å². The smallest absolute Gasteiger partial charge is 0.344 e. The molecular weight excluding hydrogens is 312 g/mol. The summed E-state index contributed by atoms with van der Waals surface area (Å²) in [5.41, 5.74) is -0.802. The summed E-state index contributed by atoms with van der Waals surface area (Å²) >= 11 is 0. The standard InChI is InChI=1S/C14H18O7S/c1-7(2)13(16)19-6-11(15)20-14(3)8-4-9-10(5-8)22(17,18)21-12(9)14/h8-10,12H,1,4-6H2,2-3H3. The van der Waals surface area contributed by atoms with Crippen molar-refractivity contribution >= 4 is 22.1 Å². The molecule has 8 heteroatoms. The summed E-state index contributed by atoms with van der Waals surface area (Å²) in [7, 11) is -3.56. The molecule has 5 atom stereocenters. The van der Waals surface area contributed by atoms with Crippen molar-refractivity contribution < 1.29 is 31.7 Å². The average Bonchev–Trinajstić information content (AvgIpc) is 3.00. The monoisotopic (exact) mass is 330 g/mol. The molecule has 1 aliphatic heterocycles. The van der Waals surface area contributed by atoms with Gasteiger partial charge in [0.25, 0.3) is 10.1 Å². The van der Waals surface area contributed by atoms with Crippen LogP contribution in [-0.2, 0) is 33.4 Å². The van der Waals surface area contributed by atoms with Gasteiger partial charge in [-0.25, -0.2) is 9.59 Å². The molecule has 0 spiro atoms. The van der Waals surface area contributed by atoms with E-state index in [1.54, 1.807) is 6.92 Å². The predicted molar refractivity (Wildman–Crippen MR) is 74.1 cm³/mol. The minimum Gasteiger partial charge on any atom is -0.454 e. The fourth-order valence-electron chi connectivity index (χ4n) is 3.85. The molecule has 0 amide bonds. The molecule has 0 radical (unpaired) electrons. The van der Waals surface area contributed by atoms with Crippen LogP contribution in [0.1, 0.15) is 26.7 Å². The third-order valence-corrected chi connectivity index (χ3v) is 6.69. The number of fused-ring (bicyclic) bond motifs is 1. The maximum Gasteiger partial charge on any atom is 0.344 e. The molecule has 2 saturated carbocycles. The summed E-state index contributed by atoms with van der Waals surface area (Å²) in [6, 6.07) is 0. The normalized spacial score (nSPS) is 40.5. The van der Waals surface area contributed by atoms with Crippen molar-refractivity contribution in [3.05, 3.63) is 12.2 Å². The van der Waals surface area contributed by atoms with Crippen molar-refractivity contribution in [2.45, 2.75) is 43.6 Å². The number of carbonyl (C=O) groups is 2. The highest BCUT2D eigenvalue weighted by Gasteiger charge is 2.70. The first kappa shape index (κ1) is 15.5. The van der Waals surface area contributed by atoms with Crippen LogP contribution in [0.2, 0.25) is 0 Å². The molecule has 3 aliphatic rings. The molecule has 5 unspecified atom stereocenters. The van der Waals surface area contributed by atoms with Crippen molar-refractivity contribution in [2.24, 2.45) is 11.8 Å². The van der Waals surface area contributed by atoms with Crippen LogP contribution in [0.4, 0.5) is 0 Å². The zero-order chi connectivity index (χ0) is 16.3. The van der Waals surface area contributed by atoms with Gasteiger partial charge in [0.15, 0.2) is 6.61 Å². The van der Waals surface area contributed by atoms with Gasteiger partial charge in [0.05, 0.1) is 5.25 Å². The second kappa shape index (κ2) is 4.79. The second-order valence-electron chi connectivity index (χ2n) is 6.39. The molecule has 22 heavy (non-hydrogen) atoms. The Hall–Kier alpha value is -1.41. The topological polar surface area (TPSA) is 96.0 Å². The number of hydrogen-bond acceptors (Lipinski definition) is 7. The van der Waals surface area contributed by atoms with E-state index in [-0.39, 0.29) is 17.4 Å². The molecule has 0 aromatic rings. The third-order valence-electron chi connectivity index (χ3n) is 4.93. The molecule has 0 N–H and O–H groups in total. The predicted octanol–water partition coefficient (Wildman–Crippen LogP) is 0.545. The molecule has 1 saturated heterocycles. The largest absolute Gasteiger partial charge is 0.454 e. The van der Waals surface area contributed by atoms with Crippen molar-refractivity contribution in [3.63, 3.8) is 0 Å². The summed E-state index contributed by atoms with van der Waals surface area (Å²) in [5.74, 6) is -1.56. The highest BCUT2D eigenvalue weighted by atomic mass is 32.2. The van der Waals surface area contributed by atoms with Gasteiger partial charge in [-0.1, -0.05) is 6.58 Å².